The van der Waals surface area contributed by atoms with Crippen LogP contribution in [0.4, 0.5) is 4.39 Å². The van der Waals surface area contributed by atoms with Gasteiger partial charge in [0.05, 0.1) is 12.5 Å². The van der Waals surface area contributed by atoms with Crippen LogP contribution in [0.1, 0.15) is 5.56 Å². The highest BCUT2D eigenvalue weighted by Crippen LogP contribution is 2.30. The molecule has 1 heterocycles. The number of hydrogen-bond acceptors (Lipinski definition) is 4. The highest BCUT2D eigenvalue weighted by Gasteiger charge is 2.21. The maximum Gasteiger partial charge on any atom is 0.222 e. The molecule has 2 aromatic carbocycles. The van der Waals surface area contributed by atoms with Crippen molar-refractivity contribution in [3.8, 4) is 11.5 Å². The second kappa shape index (κ2) is 9.77. The molecule has 1 aliphatic heterocycles. The molecular weight excluding hydrogens is 375 g/mol. The summed E-state index contributed by atoms with van der Waals surface area (Å²) in [5, 5.41) is 6.28. The number of nitrogens with two attached hydrogens (primary N) is 1. The van der Waals surface area contributed by atoms with Crippen LogP contribution in [0.15, 0.2) is 53.5 Å². The number of nitrogens with one attached hydrogen (secondary N) is 2. The lowest BCUT2D eigenvalue weighted by Crippen LogP contribution is -2.47. The Bertz CT molecular complexity index is 857. The van der Waals surface area contributed by atoms with E-state index in [9.17, 15) is 9.18 Å². The molecule has 7 nitrogen and oxygen atoms in total. The Balaban J connectivity index is 1.48. The molecule has 4 N–H and O–H groups in total. The summed E-state index contributed by atoms with van der Waals surface area (Å²) in [5.74, 6) is 0.762. The number of amides is 1. The number of fused-ring (bicyclic) bond motifs is 1. The largest absolute Gasteiger partial charge is 0.486 e. The van der Waals surface area contributed by atoms with E-state index in [0.717, 1.165) is 11.3 Å². The third-order valence-electron chi connectivity index (χ3n) is 4.60. The van der Waals surface area contributed by atoms with E-state index in [2.05, 4.69) is 15.6 Å². The Hall–Kier alpha value is -3.29. The molecule has 0 bridgehead atoms. The minimum absolute atomic E-state index is 0.172. The van der Waals surface area contributed by atoms with Gasteiger partial charge in [0.25, 0.3) is 0 Å². The van der Waals surface area contributed by atoms with Crippen molar-refractivity contribution in [3.05, 3.63) is 59.9 Å². The van der Waals surface area contributed by atoms with Crippen molar-refractivity contribution in [1.29, 1.82) is 0 Å². The first-order chi connectivity index (χ1) is 14.0. The number of benzene rings is 2. The van der Waals surface area contributed by atoms with Gasteiger partial charge >= 0.3 is 0 Å². The van der Waals surface area contributed by atoms with Gasteiger partial charge in [-0.3, -0.25) is 9.79 Å². The number of hydrogen-bond donors (Lipinski definition) is 3. The molecule has 2 unspecified atom stereocenters. The molecule has 0 aliphatic carbocycles. The predicted octanol–water partition coefficient (Wildman–Crippen LogP) is 1.47. The molecule has 0 spiro atoms. The summed E-state index contributed by atoms with van der Waals surface area (Å²) >= 11 is 0. The molecule has 1 amide bonds. The fourth-order valence-electron chi connectivity index (χ4n) is 2.99. The Morgan fingerprint density at radius 3 is 2.62 bits per heavy atom. The highest BCUT2D eigenvalue weighted by molar-refractivity contribution is 5.81. The van der Waals surface area contributed by atoms with Crippen LogP contribution >= 0.6 is 0 Å². The van der Waals surface area contributed by atoms with Crippen LogP contribution in [-0.4, -0.2) is 44.7 Å². The molecule has 2 aromatic rings. The van der Waals surface area contributed by atoms with Crippen LogP contribution in [-0.2, 0) is 11.2 Å². The van der Waals surface area contributed by atoms with Crippen LogP contribution in [0.2, 0.25) is 0 Å². The van der Waals surface area contributed by atoms with Crippen LogP contribution in [0.25, 0.3) is 0 Å². The van der Waals surface area contributed by atoms with Gasteiger partial charge in [0, 0.05) is 13.6 Å². The fraction of sp³-hybridized carbons (Fsp3) is 0.333. The van der Waals surface area contributed by atoms with E-state index in [-0.39, 0.29) is 11.9 Å². The van der Waals surface area contributed by atoms with Gasteiger partial charge in [-0.15, -0.1) is 0 Å². The quantitative estimate of drug-likeness (QED) is 0.483. The number of primary amides is 1. The summed E-state index contributed by atoms with van der Waals surface area (Å²) in [5.41, 5.74) is 6.37. The van der Waals surface area contributed by atoms with Crippen LogP contribution in [0.5, 0.6) is 11.5 Å². The van der Waals surface area contributed by atoms with E-state index >= 15 is 0 Å². The van der Waals surface area contributed by atoms with E-state index in [4.69, 9.17) is 15.2 Å². The van der Waals surface area contributed by atoms with Gasteiger partial charge in [-0.2, -0.15) is 0 Å². The lowest BCUT2D eigenvalue weighted by Gasteiger charge is -2.27. The summed E-state index contributed by atoms with van der Waals surface area (Å²) in [6.45, 7) is 1.21. The number of ether oxygens (including phenoxy) is 2. The number of guanidine groups is 1. The summed E-state index contributed by atoms with van der Waals surface area (Å²) in [6.07, 6.45) is 0.241. The monoisotopic (exact) mass is 400 g/mol. The molecule has 1 aliphatic rings. The van der Waals surface area contributed by atoms with Crippen molar-refractivity contribution >= 4 is 11.9 Å². The third kappa shape index (κ3) is 5.84. The number of para-hydroxylation sites is 2. The summed E-state index contributed by atoms with van der Waals surface area (Å²) in [4.78, 5) is 16.0. The molecule has 0 radical (unpaired) electrons. The molecule has 0 saturated heterocycles. The maximum absolute atomic E-state index is 13.1. The smallest absolute Gasteiger partial charge is 0.222 e. The molecule has 0 fully saturated rings. The average molecular weight is 400 g/mol. The van der Waals surface area contributed by atoms with E-state index < -0.39 is 11.8 Å². The first kappa shape index (κ1) is 20.4. The molecule has 154 valence electrons. The Kier molecular flexibility index (Phi) is 6.89. The van der Waals surface area contributed by atoms with Gasteiger partial charge in [0.2, 0.25) is 5.91 Å². The van der Waals surface area contributed by atoms with E-state index in [1.807, 2.05) is 24.3 Å². The molecule has 0 saturated carbocycles. The van der Waals surface area contributed by atoms with E-state index in [0.29, 0.717) is 37.8 Å². The topological polar surface area (TPSA) is 98.0 Å². The minimum atomic E-state index is -0.458. The van der Waals surface area contributed by atoms with Gasteiger partial charge in [-0.05, 0) is 36.2 Å². The fourth-order valence-corrected chi connectivity index (χ4v) is 2.99. The van der Waals surface area contributed by atoms with Crippen LogP contribution in [0, 0.1) is 11.7 Å². The predicted molar refractivity (Wildman–Crippen MR) is 109 cm³/mol. The molecule has 8 heteroatoms. The maximum atomic E-state index is 13.1. The highest BCUT2D eigenvalue weighted by atomic mass is 19.1. The SMILES string of the molecule is CN=C(NCC1COc2ccccc2O1)NCC(Cc1ccc(F)cc1)C(N)=O. The van der Waals surface area contributed by atoms with Crippen molar-refractivity contribution in [2.75, 3.05) is 26.7 Å². The number of nitrogens with zero attached hydrogens (tertiary/aromatic N) is 1. The summed E-state index contributed by atoms with van der Waals surface area (Å²) in [7, 11) is 1.64. The van der Waals surface area contributed by atoms with Gasteiger partial charge in [0.15, 0.2) is 17.5 Å². The van der Waals surface area contributed by atoms with Crippen LogP contribution < -0.4 is 25.8 Å². The zero-order chi connectivity index (χ0) is 20.6. The lowest BCUT2D eigenvalue weighted by molar-refractivity contribution is -0.121. The Morgan fingerprint density at radius 1 is 1.21 bits per heavy atom. The second-order valence-electron chi connectivity index (χ2n) is 6.76. The van der Waals surface area contributed by atoms with Crippen molar-refractivity contribution < 1.29 is 18.7 Å². The van der Waals surface area contributed by atoms with Gasteiger partial charge in [-0.25, -0.2) is 4.39 Å². The Labute approximate surface area is 169 Å². The Morgan fingerprint density at radius 2 is 1.93 bits per heavy atom. The number of aliphatic imine (C=N–C) groups is 1. The molecular formula is C21H25FN4O3. The average Bonchev–Trinajstić information content (AvgIpc) is 2.74. The number of halogens is 1. The van der Waals surface area contributed by atoms with Crippen molar-refractivity contribution in [1.82, 2.24) is 10.6 Å². The number of rotatable bonds is 7. The first-order valence-electron chi connectivity index (χ1n) is 9.42. The zero-order valence-electron chi connectivity index (χ0n) is 16.2. The van der Waals surface area contributed by atoms with Gasteiger partial charge < -0.3 is 25.8 Å². The minimum Gasteiger partial charge on any atom is -0.486 e. The van der Waals surface area contributed by atoms with Crippen LogP contribution in [0.3, 0.4) is 0 Å². The zero-order valence-corrected chi connectivity index (χ0v) is 16.2. The van der Waals surface area contributed by atoms with E-state index in [1.165, 1.54) is 12.1 Å². The first-order valence-corrected chi connectivity index (χ1v) is 9.42. The van der Waals surface area contributed by atoms with Crippen molar-refractivity contribution in [2.24, 2.45) is 16.6 Å². The normalized spacial score (nSPS) is 16.8. The third-order valence-corrected chi connectivity index (χ3v) is 4.60. The second-order valence-corrected chi connectivity index (χ2v) is 6.76. The van der Waals surface area contributed by atoms with Crippen molar-refractivity contribution in [3.63, 3.8) is 0 Å². The van der Waals surface area contributed by atoms with Crippen molar-refractivity contribution in [2.45, 2.75) is 12.5 Å². The van der Waals surface area contributed by atoms with Gasteiger partial charge in [-0.1, -0.05) is 24.3 Å². The summed E-state index contributed by atoms with van der Waals surface area (Å²) in [6, 6.07) is 13.5. The van der Waals surface area contributed by atoms with E-state index in [1.54, 1.807) is 19.2 Å². The standard InChI is InChI=1S/C21H25FN4O3/c1-24-21(26-12-17-13-28-18-4-2-3-5-19(18)29-17)25-11-15(20(23)27)10-14-6-8-16(22)9-7-14/h2-9,15,17H,10-13H2,1H3,(H2,23,27)(H2,24,25,26). The van der Waals surface area contributed by atoms with Gasteiger partial charge in [0.1, 0.15) is 18.5 Å². The molecule has 3 rings (SSSR count). The molecule has 29 heavy (non-hydrogen) atoms. The molecule has 2 atom stereocenters. The molecule has 0 aromatic heterocycles. The lowest BCUT2D eigenvalue weighted by atomic mass is 9.98. The number of carbonyl (C=O) groups is 1. The summed E-state index contributed by atoms with van der Waals surface area (Å²) < 4.78 is 24.7. The number of carbonyl (C=O) groups excluding carboxylic acids is 1.